The van der Waals surface area contributed by atoms with E-state index in [9.17, 15) is 10.1 Å². The summed E-state index contributed by atoms with van der Waals surface area (Å²) in [6, 6.07) is 16.7. The minimum absolute atomic E-state index is 0.0506. The third-order valence-corrected chi connectivity index (χ3v) is 4.42. The van der Waals surface area contributed by atoms with Gasteiger partial charge in [-0.3, -0.25) is 9.78 Å². The van der Waals surface area contributed by atoms with Crippen molar-refractivity contribution in [1.29, 1.82) is 5.26 Å². The molecule has 0 radical (unpaired) electrons. The standard InChI is InChI=1S/C22H16N2O3/c23-13-16-2-1-3-17(10-16)18-11-19-20(25)6-9-26-22(19)12-21(18)27-14-15-4-7-24-8-5-15/h1-5,7-8,10-12H,6,9,14H2. The molecule has 5 heteroatoms. The van der Waals surface area contributed by atoms with E-state index in [-0.39, 0.29) is 5.78 Å². The van der Waals surface area contributed by atoms with E-state index in [1.807, 2.05) is 24.3 Å². The Morgan fingerprint density at radius 2 is 1.96 bits per heavy atom. The second-order valence-corrected chi connectivity index (χ2v) is 6.20. The molecule has 1 aliphatic heterocycles. The Hall–Kier alpha value is -3.65. The van der Waals surface area contributed by atoms with Crippen molar-refractivity contribution < 1.29 is 14.3 Å². The lowest BCUT2D eigenvalue weighted by atomic mass is 9.96. The molecule has 4 rings (SSSR count). The molecule has 5 nitrogen and oxygen atoms in total. The molecule has 0 fully saturated rings. The zero-order valence-electron chi connectivity index (χ0n) is 14.5. The monoisotopic (exact) mass is 356 g/mol. The van der Waals surface area contributed by atoms with Crippen LogP contribution in [0, 0.1) is 11.3 Å². The summed E-state index contributed by atoms with van der Waals surface area (Å²) < 4.78 is 11.7. The van der Waals surface area contributed by atoms with Crippen molar-refractivity contribution in [3.63, 3.8) is 0 Å². The highest BCUT2D eigenvalue weighted by Gasteiger charge is 2.22. The number of hydrogen-bond donors (Lipinski definition) is 0. The Morgan fingerprint density at radius 1 is 1.11 bits per heavy atom. The van der Waals surface area contributed by atoms with E-state index in [0.717, 1.165) is 16.7 Å². The Labute approximate surface area is 156 Å². The van der Waals surface area contributed by atoms with Crippen LogP contribution in [0.25, 0.3) is 11.1 Å². The third kappa shape index (κ3) is 3.51. The lowest BCUT2D eigenvalue weighted by molar-refractivity contribution is 0.0933. The summed E-state index contributed by atoms with van der Waals surface area (Å²) in [7, 11) is 0. The highest BCUT2D eigenvalue weighted by Crippen LogP contribution is 2.38. The molecular formula is C22H16N2O3. The van der Waals surface area contributed by atoms with Gasteiger partial charge < -0.3 is 9.47 Å². The van der Waals surface area contributed by atoms with Crippen molar-refractivity contribution >= 4 is 5.78 Å². The minimum atomic E-state index is 0.0506. The number of rotatable bonds is 4. The number of ether oxygens (including phenoxy) is 2. The van der Waals surface area contributed by atoms with E-state index in [1.54, 1.807) is 36.7 Å². The molecule has 0 atom stereocenters. The van der Waals surface area contributed by atoms with Crippen LogP contribution in [0.2, 0.25) is 0 Å². The molecular weight excluding hydrogens is 340 g/mol. The van der Waals surface area contributed by atoms with Crippen LogP contribution in [0.1, 0.15) is 27.9 Å². The first kappa shape index (κ1) is 16.8. The maximum atomic E-state index is 12.3. The van der Waals surface area contributed by atoms with Gasteiger partial charge >= 0.3 is 0 Å². The van der Waals surface area contributed by atoms with E-state index < -0.39 is 0 Å². The van der Waals surface area contributed by atoms with E-state index >= 15 is 0 Å². The number of benzene rings is 2. The zero-order valence-corrected chi connectivity index (χ0v) is 14.5. The van der Waals surface area contributed by atoms with E-state index in [2.05, 4.69) is 11.1 Å². The number of carbonyl (C=O) groups is 1. The quantitative estimate of drug-likeness (QED) is 0.702. The molecule has 0 unspecified atom stereocenters. The summed E-state index contributed by atoms with van der Waals surface area (Å²) in [5.41, 5.74) is 3.66. The van der Waals surface area contributed by atoms with Crippen LogP contribution < -0.4 is 9.47 Å². The molecule has 0 saturated heterocycles. The maximum Gasteiger partial charge on any atom is 0.170 e. The van der Waals surface area contributed by atoms with Crippen molar-refractivity contribution in [2.75, 3.05) is 6.61 Å². The molecule has 27 heavy (non-hydrogen) atoms. The Kier molecular flexibility index (Phi) is 4.54. The molecule has 1 aliphatic rings. The van der Waals surface area contributed by atoms with Gasteiger partial charge in [0.2, 0.25) is 0 Å². The summed E-state index contributed by atoms with van der Waals surface area (Å²) in [6.45, 7) is 0.735. The normalized spacial score (nSPS) is 12.6. The molecule has 0 saturated carbocycles. The maximum absolute atomic E-state index is 12.3. The van der Waals surface area contributed by atoms with Gasteiger partial charge in [-0.25, -0.2) is 0 Å². The number of nitriles is 1. The van der Waals surface area contributed by atoms with Crippen molar-refractivity contribution in [3.8, 4) is 28.7 Å². The number of ketones is 1. The molecule has 1 aromatic heterocycles. The van der Waals surface area contributed by atoms with E-state index in [0.29, 0.717) is 42.3 Å². The molecule has 0 N–H and O–H groups in total. The fraction of sp³-hybridized carbons (Fsp3) is 0.136. The smallest absolute Gasteiger partial charge is 0.170 e. The van der Waals surface area contributed by atoms with Crippen LogP contribution in [0.5, 0.6) is 11.5 Å². The first-order chi connectivity index (χ1) is 13.2. The zero-order chi connectivity index (χ0) is 18.6. The molecule has 0 bridgehead atoms. The van der Waals surface area contributed by atoms with Gasteiger partial charge in [-0.2, -0.15) is 5.26 Å². The number of pyridine rings is 1. The molecule has 2 heterocycles. The average Bonchev–Trinajstić information content (AvgIpc) is 2.73. The number of aromatic nitrogens is 1. The van der Waals surface area contributed by atoms with Crippen molar-refractivity contribution in [2.24, 2.45) is 0 Å². The highest BCUT2D eigenvalue weighted by molar-refractivity contribution is 6.01. The Balaban J connectivity index is 1.77. The van der Waals surface area contributed by atoms with Gasteiger partial charge in [0.05, 0.1) is 23.8 Å². The first-order valence-corrected chi connectivity index (χ1v) is 8.61. The molecule has 132 valence electrons. The first-order valence-electron chi connectivity index (χ1n) is 8.61. The van der Waals surface area contributed by atoms with Gasteiger partial charge in [0.15, 0.2) is 5.78 Å². The summed E-state index contributed by atoms with van der Waals surface area (Å²) in [5, 5.41) is 9.20. The number of hydrogen-bond acceptors (Lipinski definition) is 5. The molecule has 0 spiro atoms. The van der Waals surface area contributed by atoms with Crippen LogP contribution in [0.4, 0.5) is 0 Å². The minimum Gasteiger partial charge on any atom is -0.492 e. The van der Waals surface area contributed by atoms with Crippen LogP contribution in [-0.2, 0) is 6.61 Å². The summed E-state index contributed by atoms with van der Waals surface area (Å²) >= 11 is 0. The molecule has 3 aromatic rings. The topological polar surface area (TPSA) is 72.2 Å². The van der Waals surface area contributed by atoms with Crippen LogP contribution in [-0.4, -0.2) is 17.4 Å². The Morgan fingerprint density at radius 3 is 2.78 bits per heavy atom. The number of carbonyl (C=O) groups excluding carboxylic acids is 1. The van der Waals surface area contributed by atoms with Crippen LogP contribution in [0.15, 0.2) is 60.9 Å². The fourth-order valence-corrected chi connectivity index (χ4v) is 3.03. The van der Waals surface area contributed by atoms with Gasteiger partial charge in [0.1, 0.15) is 18.1 Å². The van der Waals surface area contributed by atoms with E-state index in [1.165, 1.54) is 0 Å². The SMILES string of the molecule is N#Cc1cccc(-c2cc3c(cc2OCc2ccncc2)OCCC3=O)c1. The van der Waals surface area contributed by atoms with Gasteiger partial charge in [0.25, 0.3) is 0 Å². The van der Waals surface area contributed by atoms with Crippen LogP contribution >= 0.6 is 0 Å². The second kappa shape index (κ2) is 7.30. The van der Waals surface area contributed by atoms with Gasteiger partial charge in [-0.05, 0) is 41.5 Å². The lowest BCUT2D eigenvalue weighted by Crippen LogP contribution is -2.15. The average molecular weight is 356 g/mol. The van der Waals surface area contributed by atoms with Crippen molar-refractivity contribution in [3.05, 3.63) is 77.6 Å². The number of nitrogens with zero attached hydrogens (tertiary/aromatic N) is 2. The summed E-state index contributed by atoms with van der Waals surface area (Å²) in [5.74, 6) is 1.20. The largest absolute Gasteiger partial charge is 0.492 e. The number of fused-ring (bicyclic) bond motifs is 1. The van der Waals surface area contributed by atoms with Crippen molar-refractivity contribution in [1.82, 2.24) is 4.98 Å². The van der Waals surface area contributed by atoms with Gasteiger partial charge in [0, 0.05) is 30.4 Å². The Bertz CT molecular complexity index is 1040. The summed E-state index contributed by atoms with van der Waals surface area (Å²) in [4.78, 5) is 16.3. The van der Waals surface area contributed by atoms with Crippen molar-refractivity contribution in [2.45, 2.75) is 13.0 Å². The predicted molar refractivity (Wildman–Crippen MR) is 99.6 cm³/mol. The summed E-state index contributed by atoms with van der Waals surface area (Å²) in [6.07, 6.45) is 3.79. The number of Topliss-reactive ketones (excluding diaryl/α,β-unsaturated/α-hetero) is 1. The van der Waals surface area contributed by atoms with E-state index in [4.69, 9.17) is 9.47 Å². The molecule has 0 amide bonds. The molecule has 2 aromatic carbocycles. The van der Waals surface area contributed by atoms with Crippen LogP contribution in [0.3, 0.4) is 0 Å². The van der Waals surface area contributed by atoms with Gasteiger partial charge in [-0.15, -0.1) is 0 Å². The predicted octanol–water partition coefficient (Wildman–Crippen LogP) is 4.16. The highest BCUT2D eigenvalue weighted by atomic mass is 16.5. The molecule has 0 aliphatic carbocycles. The fourth-order valence-electron chi connectivity index (χ4n) is 3.03. The second-order valence-electron chi connectivity index (χ2n) is 6.20. The lowest BCUT2D eigenvalue weighted by Gasteiger charge is -2.20. The van der Waals surface area contributed by atoms with Gasteiger partial charge in [-0.1, -0.05) is 12.1 Å². The third-order valence-electron chi connectivity index (χ3n) is 4.42.